The Morgan fingerprint density at radius 1 is 0.435 bits per heavy atom. The van der Waals surface area contributed by atoms with Gasteiger partial charge in [0.25, 0.3) is 10.1 Å². The predicted molar refractivity (Wildman–Crippen MR) is 354 cm³/mol. The smallest absolute Gasteiger partial charge is 0.338 e. The highest BCUT2D eigenvalue weighted by Crippen LogP contribution is 2.34. The van der Waals surface area contributed by atoms with E-state index in [-0.39, 0.29) is 38.4 Å². The SMILES string of the molecule is CON=C[C@@H](F)[C@H](OC(=O)c1ccc(-c2ccccc2)cc1)[C@@H](Br)COC(=O)c1ccc(-c2ccccc2)cc1.CON=C[C@@H](F)[C@H](OC(=O)c1ccc(-c2ccccc2)cc1)[C@@H](COC(=O)c1ccc(-c2ccccc2)cc1)OS(=O)(=O)c1cc(Cl)c(Cl)cc1Cl. The van der Waals surface area contributed by atoms with Crippen LogP contribution in [-0.2, 0) is 42.9 Å². The number of oxime groups is 2. The normalized spacial score (nSPS) is 13.3. The van der Waals surface area contributed by atoms with Crippen molar-refractivity contribution < 1.29 is 69.2 Å². The number of ether oxygens (including phenoxy) is 4. The van der Waals surface area contributed by atoms with Crippen LogP contribution in [0.25, 0.3) is 44.5 Å². The summed E-state index contributed by atoms with van der Waals surface area (Å²) in [7, 11) is -2.49. The summed E-state index contributed by atoms with van der Waals surface area (Å²) in [5, 5.41) is 6.28. The van der Waals surface area contributed by atoms with E-state index in [1.807, 2.05) is 133 Å². The molecule has 0 aliphatic heterocycles. The highest BCUT2D eigenvalue weighted by atomic mass is 79.9. The first kappa shape index (κ1) is 68.8. The number of carbonyl (C=O) groups is 4. The van der Waals surface area contributed by atoms with Crippen LogP contribution in [0.4, 0.5) is 8.78 Å². The van der Waals surface area contributed by atoms with E-state index < -0.39 is 81.0 Å². The third-order valence-corrected chi connectivity index (χ3v) is 16.9. The third kappa shape index (κ3) is 19.2. The lowest BCUT2D eigenvalue weighted by Crippen LogP contribution is -2.45. The molecule has 0 unspecified atom stereocenters. The second-order valence-corrected chi connectivity index (χ2v) is 23.7. The van der Waals surface area contributed by atoms with E-state index in [1.54, 1.807) is 60.7 Å². The van der Waals surface area contributed by atoms with Gasteiger partial charge in [-0.25, -0.2) is 28.0 Å². The first-order valence-corrected chi connectivity index (χ1v) is 31.4. The monoisotopic (exact) mass is 1390 g/mol. The zero-order chi connectivity index (χ0) is 65.6. The average Bonchev–Trinajstić information content (AvgIpc) is 1.02. The molecule has 9 aromatic carbocycles. The number of halogens is 6. The van der Waals surface area contributed by atoms with Gasteiger partial charge in [-0.3, -0.25) is 4.18 Å². The molecule has 0 N–H and O–H groups in total. The molecular weight excluding hydrogens is 1330 g/mol. The summed E-state index contributed by atoms with van der Waals surface area (Å²) in [6, 6.07) is 66.6. The maximum Gasteiger partial charge on any atom is 0.338 e. The summed E-state index contributed by atoms with van der Waals surface area (Å²) in [5.41, 5.74) is 7.99. The van der Waals surface area contributed by atoms with Gasteiger partial charge in [0.05, 0.1) is 54.6 Å². The van der Waals surface area contributed by atoms with E-state index in [0.29, 0.717) is 11.8 Å². The summed E-state index contributed by atoms with van der Waals surface area (Å²) in [6.07, 6.45) is -8.06. The van der Waals surface area contributed by atoms with Crippen molar-refractivity contribution in [3.63, 3.8) is 0 Å². The summed E-state index contributed by atoms with van der Waals surface area (Å²) in [4.78, 5) is 59.9. The largest absolute Gasteiger partial charge is 0.461 e. The fourth-order valence-corrected chi connectivity index (χ4v) is 11.4. The summed E-state index contributed by atoms with van der Waals surface area (Å²) in [5.74, 6) is -3.27. The van der Waals surface area contributed by atoms with Crippen molar-refractivity contribution >= 4 is 97.2 Å². The van der Waals surface area contributed by atoms with Crippen molar-refractivity contribution in [3.8, 4) is 44.5 Å². The first-order chi connectivity index (χ1) is 44.4. The van der Waals surface area contributed by atoms with Crippen LogP contribution in [0.2, 0.25) is 15.1 Å². The lowest BCUT2D eigenvalue weighted by molar-refractivity contribution is -0.0478. The van der Waals surface area contributed by atoms with Gasteiger partial charge < -0.3 is 28.6 Å². The van der Waals surface area contributed by atoms with Crippen LogP contribution >= 0.6 is 50.7 Å². The summed E-state index contributed by atoms with van der Waals surface area (Å²) < 4.78 is 85.5. The van der Waals surface area contributed by atoms with E-state index in [1.165, 1.54) is 31.4 Å². The lowest BCUT2D eigenvalue weighted by atomic mass is 10.0. The minimum atomic E-state index is -4.91. The van der Waals surface area contributed by atoms with Crippen LogP contribution in [0.1, 0.15) is 41.4 Å². The number of esters is 4. The zero-order valence-electron chi connectivity index (χ0n) is 48.9. The van der Waals surface area contributed by atoms with Gasteiger partial charge in [0.2, 0.25) is 0 Å². The van der Waals surface area contributed by atoms with Gasteiger partial charge in [0.15, 0.2) is 30.7 Å². The molecule has 472 valence electrons. The molecule has 6 atom stereocenters. The molecule has 0 aromatic heterocycles. The molecule has 0 aliphatic carbocycles. The number of benzene rings is 9. The fourth-order valence-electron chi connectivity index (χ4n) is 8.86. The van der Waals surface area contributed by atoms with Crippen LogP contribution in [0.5, 0.6) is 0 Å². The Labute approximate surface area is 553 Å². The van der Waals surface area contributed by atoms with E-state index in [0.717, 1.165) is 70.0 Å². The van der Waals surface area contributed by atoms with Gasteiger partial charge >= 0.3 is 23.9 Å². The topological polar surface area (TPSA) is 192 Å². The van der Waals surface area contributed by atoms with Crippen LogP contribution in [0.3, 0.4) is 0 Å². The van der Waals surface area contributed by atoms with E-state index >= 15 is 8.78 Å². The molecule has 15 nitrogen and oxygen atoms in total. The number of rotatable bonds is 25. The van der Waals surface area contributed by atoms with Crippen molar-refractivity contribution in [2.75, 3.05) is 27.4 Å². The molecule has 0 amide bonds. The van der Waals surface area contributed by atoms with Crippen LogP contribution < -0.4 is 0 Å². The maximum absolute atomic E-state index is 15.9. The number of alkyl halides is 3. The average molecular weight is 1390 g/mol. The van der Waals surface area contributed by atoms with Gasteiger partial charge in [-0.05, 0) is 105 Å². The maximum atomic E-state index is 15.9. The minimum absolute atomic E-state index is 0.00481. The Kier molecular flexibility index (Phi) is 25.3. The Bertz CT molecular complexity index is 4080. The van der Waals surface area contributed by atoms with Gasteiger partial charge in [0, 0.05) is 0 Å². The Balaban J connectivity index is 0.000000245. The van der Waals surface area contributed by atoms with E-state index in [4.69, 9.17) is 57.9 Å². The molecule has 0 heterocycles. The number of nitrogens with zero attached hydrogens (tertiary/aromatic N) is 2. The predicted octanol–water partition coefficient (Wildman–Crippen LogP) is 16.2. The quantitative estimate of drug-likeness (QED) is 0.00999. The van der Waals surface area contributed by atoms with Gasteiger partial charge in [-0.15, -0.1) is 0 Å². The molecule has 9 rings (SSSR count). The number of hydrogen-bond acceptors (Lipinski definition) is 15. The van der Waals surface area contributed by atoms with Crippen LogP contribution in [0, 0.1) is 0 Å². The standard InChI is InChI=1S/C38H29Cl3FNO8S.C32H27BrFNO5/c1-48-43-22-33(42)36(50-38(45)29-18-14-27(15-19-29)25-10-6-3-7-11-25)34(51-52(46,47)35-21-31(40)30(39)20-32(35)41)23-49-37(44)28-16-12-26(13-17-28)24-8-4-2-5-9-24;1-38-35-20-29(34)30(40-32(37)27-18-14-25(15-19-27)23-10-6-3-7-11-23)28(33)21-39-31(36)26-16-12-24(13-17-26)22-8-4-2-5-9-22/h2-22,33-34,36H,23H2,1H3;2-20,28-30H,21H2,1H3/t33-,34-,36+;28-,29+,30+/m10/s1. The van der Waals surface area contributed by atoms with Gasteiger partial charge in [-0.2, -0.15) is 8.42 Å². The minimum Gasteiger partial charge on any atom is -0.461 e. The summed E-state index contributed by atoms with van der Waals surface area (Å²) >= 11 is 21.6. The van der Waals surface area contributed by atoms with Crippen molar-refractivity contribution in [2.24, 2.45) is 10.3 Å². The van der Waals surface area contributed by atoms with Crippen molar-refractivity contribution in [3.05, 3.63) is 268 Å². The molecule has 0 spiro atoms. The van der Waals surface area contributed by atoms with Crippen molar-refractivity contribution in [1.82, 2.24) is 0 Å². The molecule has 0 fully saturated rings. The Morgan fingerprint density at radius 3 is 1.10 bits per heavy atom. The molecule has 22 heteroatoms. The van der Waals surface area contributed by atoms with Crippen molar-refractivity contribution in [1.29, 1.82) is 0 Å². The molecule has 9 aromatic rings. The highest BCUT2D eigenvalue weighted by Gasteiger charge is 2.40. The van der Waals surface area contributed by atoms with E-state index in [9.17, 15) is 27.6 Å². The van der Waals surface area contributed by atoms with E-state index in [2.05, 4.69) is 35.9 Å². The van der Waals surface area contributed by atoms with Gasteiger partial charge in [-0.1, -0.05) is 231 Å². The molecule has 92 heavy (non-hydrogen) atoms. The third-order valence-electron chi connectivity index (χ3n) is 13.6. The van der Waals surface area contributed by atoms with Crippen LogP contribution in [-0.4, -0.2) is 108 Å². The zero-order valence-corrected chi connectivity index (χ0v) is 53.5. The summed E-state index contributed by atoms with van der Waals surface area (Å²) in [6.45, 7) is -1.17. The lowest BCUT2D eigenvalue weighted by Gasteiger charge is -2.27. The molecule has 0 saturated heterocycles. The second kappa shape index (κ2) is 33.8. The molecular formula is C70H56BrCl3F2N2O13S. The Morgan fingerprint density at radius 2 is 0.739 bits per heavy atom. The fraction of sp³-hybridized carbons (Fsp3) is 0.143. The molecule has 0 radical (unpaired) electrons. The van der Waals surface area contributed by atoms with Gasteiger partial charge in [0.1, 0.15) is 32.3 Å². The second-order valence-electron chi connectivity index (χ2n) is 19.8. The molecule has 0 bridgehead atoms. The Hall–Kier alpha value is -9.08. The first-order valence-electron chi connectivity index (χ1n) is 27.9. The van der Waals surface area contributed by atoms with Crippen molar-refractivity contribution in [2.45, 2.75) is 40.4 Å². The molecule has 0 aliphatic rings. The molecule has 0 saturated carbocycles. The highest BCUT2D eigenvalue weighted by molar-refractivity contribution is 9.09. The number of hydrogen-bond donors (Lipinski definition) is 0. The van der Waals surface area contributed by atoms with Crippen LogP contribution in [0.15, 0.2) is 246 Å². The number of carbonyl (C=O) groups excluding carboxylic acids is 4.